The zero-order valence-corrected chi connectivity index (χ0v) is 18.0. The van der Waals surface area contributed by atoms with Crippen molar-refractivity contribution < 1.29 is 29.4 Å². The summed E-state index contributed by atoms with van der Waals surface area (Å²) in [7, 11) is 0. The molecule has 5 atom stereocenters. The smallest absolute Gasteiger partial charge is 0.322 e. The largest absolute Gasteiger partial charge is 0.480 e. The van der Waals surface area contributed by atoms with Gasteiger partial charge < -0.3 is 31.9 Å². The molecule has 5 unspecified atom stereocenters. The molecule has 7 N–H and O–H groups in total. The number of aliphatic hydroxyl groups is 1. The first-order valence-corrected chi connectivity index (χ1v) is 10.1. The van der Waals surface area contributed by atoms with Crippen molar-refractivity contribution in [2.24, 2.45) is 11.7 Å². The Kier molecular flexibility index (Phi) is 10.6. The Balaban J connectivity index is 2.96. The minimum Gasteiger partial charge on any atom is -0.480 e. The van der Waals surface area contributed by atoms with Gasteiger partial charge in [-0.25, -0.2) is 0 Å². The van der Waals surface area contributed by atoms with E-state index in [9.17, 15) is 24.3 Å². The molecule has 172 valence electrons. The molecule has 0 aromatic heterocycles. The third-order valence-corrected chi connectivity index (χ3v) is 4.95. The Morgan fingerprint density at radius 1 is 1.00 bits per heavy atom. The Labute approximate surface area is 181 Å². The number of nitrogens with one attached hydrogen (secondary N) is 3. The molecule has 0 spiro atoms. The van der Waals surface area contributed by atoms with Gasteiger partial charge in [0, 0.05) is 6.42 Å². The van der Waals surface area contributed by atoms with Crippen LogP contribution >= 0.6 is 0 Å². The molecule has 0 fully saturated rings. The van der Waals surface area contributed by atoms with Gasteiger partial charge in [0.25, 0.3) is 0 Å². The zero-order valence-electron chi connectivity index (χ0n) is 18.0. The lowest BCUT2D eigenvalue weighted by molar-refractivity contribution is -0.138. The number of rotatable bonds is 12. The van der Waals surface area contributed by atoms with Crippen molar-refractivity contribution in [3.8, 4) is 0 Å². The summed E-state index contributed by atoms with van der Waals surface area (Å²) in [5.41, 5.74) is 6.63. The van der Waals surface area contributed by atoms with Crippen LogP contribution in [0, 0.1) is 5.92 Å². The molecular weight excluding hydrogens is 404 g/mol. The monoisotopic (exact) mass is 436 g/mol. The van der Waals surface area contributed by atoms with E-state index in [0.29, 0.717) is 6.42 Å². The van der Waals surface area contributed by atoms with Crippen LogP contribution in [0.5, 0.6) is 0 Å². The van der Waals surface area contributed by atoms with Crippen LogP contribution in [-0.4, -0.2) is 64.7 Å². The number of aliphatic hydroxyl groups excluding tert-OH is 1. The van der Waals surface area contributed by atoms with Crippen LogP contribution in [0.2, 0.25) is 0 Å². The van der Waals surface area contributed by atoms with Gasteiger partial charge in [-0.3, -0.25) is 19.2 Å². The number of carboxylic acid groups (broad SMARTS) is 1. The molecule has 0 radical (unpaired) electrons. The van der Waals surface area contributed by atoms with Crippen molar-refractivity contribution in [3.63, 3.8) is 0 Å². The average molecular weight is 437 g/mol. The summed E-state index contributed by atoms with van der Waals surface area (Å²) in [6.07, 6.45) is -0.513. The number of carbonyl (C=O) groups is 4. The second-order valence-corrected chi connectivity index (χ2v) is 7.50. The fraction of sp³-hybridized carbons (Fsp3) is 0.524. The normalized spacial score (nSPS) is 15.6. The molecule has 1 aromatic rings. The minimum absolute atomic E-state index is 0.0882. The first kappa shape index (κ1) is 26.1. The predicted molar refractivity (Wildman–Crippen MR) is 114 cm³/mol. The Hall–Kier alpha value is -2.98. The lowest BCUT2D eigenvalue weighted by atomic mass is 9.98. The van der Waals surface area contributed by atoms with Crippen molar-refractivity contribution in [3.05, 3.63) is 35.9 Å². The summed E-state index contributed by atoms with van der Waals surface area (Å²) < 4.78 is 0. The molecule has 31 heavy (non-hydrogen) atoms. The van der Waals surface area contributed by atoms with Crippen molar-refractivity contribution >= 4 is 23.7 Å². The van der Waals surface area contributed by atoms with E-state index in [2.05, 4.69) is 16.0 Å². The molecule has 10 heteroatoms. The van der Waals surface area contributed by atoms with Crippen LogP contribution in [0.1, 0.15) is 32.8 Å². The standard InChI is InChI=1S/C21H32N4O6/c1-4-12(2)17(22)20(30)25-18(13(3)26)21(31)24-15(19(29)23-11-16(27)28)10-14-8-6-5-7-9-14/h5-9,12-13,15,17-18,26H,4,10-11,22H2,1-3H3,(H,23,29)(H,24,31)(H,25,30)(H,27,28). The quantitative estimate of drug-likeness (QED) is 0.248. The Morgan fingerprint density at radius 3 is 2.13 bits per heavy atom. The van der Waals surface area contributed by atoms with Gasteiger partial charge in [-0.15, -0.1) is 0 Å². The van der Waals surface area contributed by atoms with E-state index < -0.39 is 54.5 Å². The molecule has 0 saturated carbocycles. The Morgan fingerprint density at radius 2 is 1.61 bits per heavy atom. The molecule has 0 saturated heterocycles. The second-order valence-electron chi connectivity index (χ2n) is 7.50. The van der Waals surface area contributed by atoms with Crippen molar-refractivity contribution in [2.45, 2.75) is 57.8 Å². The second kappa shape index (κ2) is 12.7. The number of carboxylic acids is 1. The van der Waals surface area contributed by atoms with Gasteiger partial charge in [-0.05, 0) is 18.4 Å². The number of hydrogen-bond donors (Lipinski definition) is 6. The lowest BCUT2D eigenvalue weighted by Gasteiger charge is -2.26. The first-order chi connectivity index (χ1) is 14.6. The van der Waals surface area contributed by atoms with Gasteiger partial charge in [0.15, 0.2) is 0 Å². The fourth-order valence-electron chi connectivity index (χ4n) is 2.77. The molecule has 0 aliphatic carbocycles. The van der Waals surface area contributed by atoms with E-state index in [-0.39, 0.29) is 12.3 Å². The molecule has 1 rings (SSSR count). The van der Waals surface area contributed by atoms with E-state index in [1.165, 1.54) is 6.92 Å². The van der Waals surface area contributed by atoms with Crippen molar-refractivity contribution in [2.75, 3.05) is 6.54 Å². The van der Waals surface area contributed by atoms with Gasteiger partial charge in [-0.2, -0.15) is 0 Å². The molecule has 0 heterocycles. The van der Waals surface area contributed by atoms with E-state index in [1.54, 1.807) is 37.3 Å². The van der Waals surface area contributed by atoms with E-state index in [0.717, 1.165) is 5.56 Å². The summed E-state index contributed by atoms with van der Waals surface area (Å²) in [5.74, 6) is -3.44. The summed E-state index contributed by atoms with van der Waals surface area (Å²) in [6, 6.07) is 5.51. The minimum atomic E-state index is -1.34. The summed E-state index contributed by atoms with van der Waals surface area (Å²) in [6.45, 7) is 4.39. The highest BCUT2D eigenvalue weighted by atomic mass is 16.4. The number of nitrogens with two attached hydrogens (primary N) is 1. The summed E-state index contributed by atoms with van der Waals surface area (Å²) >= 11 is 0. The van der Waals surface area contributed by atoms with Crippen molar-refractivity contribution in [1.29, 1.82) is 0 Å². The average Bonchev–Trinajstić information content (AvgIpc) is 2.74. The third-order valence-electron chi connectivity index (χ3n) is 4.95. The van der Waals surface area contributed by atoms with Gasteiger partial charge in [0.05, 0.1) is 12.1 Å². The van der Waals surface area contributed by atoms with Gasteiger partial charge in [0.1, 0.15) is 18.6 Å². The first-order valence-electron chi connectivity index (χ1n) is 10.1. The van der Waals surface area contributed by atoms with Crippen LogP contribution in [0.25, 0.3) is 0 Å². The highest BCUT2D eigenvalue weighted by Gasteiger charge is 2.32. The maximum Gasteiger partial charge on any atom is 0.322 e. The van der Waals surface area contributed by atoms with Crippen LogP contribution in [0.3, 0.4) is 0 Å². The zero-order chi connectivity index (χ0) is 23.6. The summed E-state index contributed by atoms with van der Waals surface area (Å²) in [5, 5.41) is 26.0. The molecule has 0 bridgehead atoms. The van der Waals surface area contributed by atoms with Gasteiger partial charge in [0.2, 0.25) is 17.7 Å². The molecule has 0 aliphatic rings. The fourth-order valence-corrected chi connectivity index (χ4v) is 2.77. The number of hydrogen-bond acceptors (Lipinski definition) is 6. The van der Waals surface area contributed by atoms with Crippen LogP contribution in [0.4, 0.5) is 0 Å². The van der Waals surface area contributed by atoms with Crippen LogP contribution < -0.4 is 21.7 Å². The van der Waals surface area contributed by atoms with E-state index >= 15 is 0 Å². The lowest BCUT2D eigenvalue weighted by Crippen LogP contribution is -2.60. The molecule has 10 nitrogen and oxygen atoms in total. The number of carbonyl (C=O) groups excluding carboxylic acids is 3. The topological polar surface area (TPSA) is 171 Å². The highest BCUT2D eigenvalue weighted by molar-refractivity contribution is 5.94. The molecule has 0 aliphatic heterocycles. The molecular formula is C21H32N4O6. The van der Waals surface area contributed by atoms with E-state index in [1.807, 2.05) is 6.92 Å². The number of amides is 3. The van der Waals surface area contributed by atoms with Crippen molar-refractivity contribution in [1.82, 2.24) is 16.0 Å². The maximum atomic E-state index is 12.8. The number of benzene rings is 1. The van der Waals surface area contributed by atoms with Crippen LogP contribution in [0.15, 0.2) is 30.3 Å². The predicted octanol–water partition coefficient (Wildman–Crippen LogP) is -0.846. The summed E-state index contributed by atoms with van der Waals surface area (Å²) in [4.78, 5) is 48.4. The Bertz CT molecular complexity index is 755. The molecule has 1 aromatic carbocycles. The van der Waals surface area contributed by atoms with E-state index in [4.69, 9.17) is 10.8 Å². The SMILES string of the molecule is CCC(C)C(N)C(=O)NC(C(=O)NC(Cc1ccccc1)C(=O)NCC(=O)O)C(C)O. The number of aliphatic carboxylic acids is 1. The van der Waals surface area contributed by atoms with Gasteiger partial charge in [-0.1, -0.05) is 50.6 Å². The third kappa shape index (κ3) is 8.73. The highest BCUT2D eigenvalue weighted by Crippen LogP contribution is 2.08. The van der Waals surface area contributed by atoms with Gasteiger partial charge >= 0.3 is 5.97 Å². The molecule has 3 amide bonds. The maximum absolute atomic E-state index is 12.8. The van der Waals surface area contributed by atoms with Crippen LogP contribution in [-0.2, 0) is 25.6 Å².